The van der Waals surface area contributed by atoms with E-state index < -0.39 is 0 Å². The molecule has 2 aromatic heterocycles. The van der Waals surface area contributed by atoms with Gasteiger partial charge in [-0.05, 0) is 32.4 Å². The molecule has 0 N–H and O–H groups in total. The topological polar surface area (TPSA) is 60.0 Å². The lowest BCUT2D eigenvalue weighted by atomic mass is 10.2. The second kappa shape index (κ2) is 5.97. The Kier molecular flexibility index (Phi) is 4.05. The maximum absolute atomic E-state index is 5.46. The minimum absolute atomic E-state index is 0.160. The first kappa shape index (κ1) is 14.3. The van der Waals surface area contributed by atoms with Crippen molar-refractivity contribution in [2.45, 2.75) is 58.2 Å². The molecule has 0 unspecified atom stereocenters. The first-order valence-electron chi connectivity index (χ1n) is 7.72. The summed E-state index contributed by atoms with van der Waals surface area (Å²) in [6.07, 6.45) is 6.25. The van der Waals surface area contributed by atoms with Crippen molar-refractivity contribution in [3.8, 4) is 0 Å². The van der Waals surface area contributed by atoms with Crippen LogP contribution in [0, 0.1) is 0 Å². The predicted molar refractivity (Wildman–Crippen MR) is 78.8 cm³/mol. The lowest BCUT2D eigenvalue weighted by molar-refractivity contribution is 0.144. The van der Waals surface area contributed by atoms with Gasteiger partial charge in [0.15, 0.2) is 5.82 Å². The van der Waals surface area contributed by atoms with Gasteiger partial charge in [-0.25, -0.2) is 0 Å². The molecule has 1 saturated heterocycles. The fourth-order valence-corrected chi connectivity index (χ4v) is 2.98. The summed E-state index contributed by atoms with van der Waals surface area (Å²) in [6.45, 7) is 8.30. The summed E-state index contributed by atoms with van der Waals surface area (Å²) in [4.78, 5) is 7.00. The molecule has 2 aromatic rings. The molecule has 0 aliphatic carbocycles. The molecular weight excluding hydrogens is 266 g/mol. The van der Waals surface area contributed by atoms with Gasteiger partial charge in [0.05, 0.1) is 12.6 Å². The van der Waals surface area contributed by atoms with Crippen LogP contribution in [0.2, 0.25) is 0 Å². The Balaban J connectivity index is 1.71. The Labute approximate surface area is 125 Å². The fraction of sp³-hybridized carbons (Fsp3) is 0.667. The lowest BCUT2D eigenvalue weighted by Gasteiger charge is -2.28. The zero-order chi connectivity index (χ0) is 14.8. The van der Waals surface area contributed by atoms with Gasteiger partial charge < -0.3 is 4.52 Å². The standard InChI is InChI=1S/C15H23N5O/c1-11(2)14-17-15(21-18-14)12(3)20-9-4-6-13(20)10-19-8-5-7-16-19/h5,7-8,11-13H,4,6,9-10H2,1-3H3/t12-,13+/m1/s1. The van der Waals surface area contributed by atoms with Gasteiger partial charge in [-0.15, -0.1) is 0 Å². The molecule has 0 aromatic carbocycles. The Hall–Kier alpha value is -1.69. The third kappa shape index (κ3) is 3.00. The maximum Gasteiger partial charge on any atom is 0.243 e. The number of nitrogens with zero attached hydrogens (tertiary/aromatic N) is 5. The molecule has 6 nitrogen and oxygen atoms in total. The van der Waals surface area contributed by atoms with E-state index in [0.717, 1.165) is 24.8 Å². The molecule has 114 valence electrons. The third-order valence-corrected chi connectivity index (χ3v) is 4.21. The van der Waals surface area contributed by atoms with Crippen LogP contribution in [0.15, 0.2) is 23.0 Å². The van der Waals surface area contributed by atoms with Crippen molar-refractivity contribution in [2.24, 2.45) is 0 Å². The zero-order valence-corrected chi connectivity index (χ0v) is 12.9. The summed E-state index contributed by atoms with van der Waals surface area (Å²) >= 11 is 0. The van der Waals surface area contributed by atoms with Gasteiger partial charge in [-0.3, -0.25) is 9.58 Å². The van der Waals surface area contributed by atoms with Crippen LogP contribution < -0.4 is 0 Å². The molecule has 0 saturated carbocycles. The third-order valence-electron chi connectivity index (χ3n) is 4.21. The molecule has 1 aliphatic heterocycles. The van der Waals surface area contributed by atoms with Crippen molar-refractivity contribution in [3.05, 3.63) is 30.2 Å². The summed E-state index contributed by atoms with van der Waals surface area (Å²) in [5.41, 5.74) is 0. The molecule has 21 heavy (non-hydrogen) atoms. The molecular formula is C15H23N5O. The number of hydrogen-bond donors (Lipinski definition) is 0. The van der Waals surface area contributed by atoms with Crippen LogP contribution in [-0.2, 0) is 6.54 Å². The molecule has 0 bridgehead atoms. The molecule has 1 fully saturated rings. The molecule has 6 heteroatoms. The number of rotatable bonds is 5. The van der Waals surface area contributed by atoms with Gasteiger partial charge in [0.25, 0.3) is 0 Å². The summed E-state index contributed by atoms with van der Waals surface area (Å²) in [5, 5.41) is 8.39. The summed E-state index contributed by atoms with van der Waals surface area (Å²) < 4.78 is 7.46. The van der Waals surface area contributed by atoms with E-state index >= 15 is 0 Å². The molecule has 2 atom stereocenters. The lowest BCUT2D eigenvalue weighted by Crippen LogP contribution is -2.35. The average molecular weight is 289 g/mol. The fourth-order valence-electron chi connectivity index (χ4n) is 2.98. The van der Waals surface area contributed by atoms with Crippen molar-refractivity contribution in [2.75, 3.05) is 6.54 Å². The van der Waals surface area contributed by atoms with E-state index in [4.69, 9.17) is 4.52 Å². The van der Waals surface area contributed by atoms with Crippen LogP contribution in [0.3, 0.4) is 0 Å². The minimum Gasteiger partial charge on any atom is -0.338 e. The molecule has 0 radical (unpaired) electrons. The normalized spacial score (nSPS) is 21.2. The Morgan fingerprint density at radius 3 is 2.90 bits per heavy atom. The van der Waals surface area contributed by atoms with Gasteiger partial charge in [0.2, 0.25) is 5.89 Å². The molecule has 1 aliphatic rings. The van der Waals surface area contributed by atoms with Crippen molar-refractivity contribution in [1.82, 2.24) is 24.8 Å². The van der Waals surface area contributed by atoms with E-state index in [0.29, 0.717) is 12.0 Å². The van der Waals surface area contributed by atoms with Gasteiger partial charge in [0.1, 0.15) is 0 Å². The summed E-state index contributed by atoms with van der Waals surface area (Å²) in [5.74, 6) is 1.82. The van der Waals surface area contributed by atoms with Gasteiger partial charge in [0, 0.05) is 24.4 Å². The Morgan fingerprint density at radius 1 is 1.38 bits per heavy atom. The number of likely N-dealkylation sites (tertiary alicyclic amines) is 1. The van der Waals surface area contributed by atoms with Gasteiger partial charge in [-0.2, -0.15) is 10.1 Å². The first-order chi connectivity index (χ1) is 10.1. The smallest absolute Gasteiger partial charge is 0.243 e. The highest BCUT2D eigenvalue weighted by atomic mass is 16.5. The molecule has 0 spiro atoms. The van der Waals surface area contributed by atoms with Gasteiger partial charge in [-0.1, -0.05) is 19.0 Å². The Morgan fingerprint density at radius 2 is 2.24 bits per heavy atom. The molecule has 3 heterocycles. The summed E-state index contributed by atoms with van der Waals surface area (Å²) in [6, 6.07) is 2.61. The van der Waals surface area contributed by atoms with Crippen LogP contribution in [0.25, 0.3) is 0 Å². The second-order valence-corrected chi connectivity index (χ2v) is 6.08. The maximum atomic E-state index is 5.46. The van der Waals surface area contributed by atoms with Crippen LogP contribution >= 0.6 is 0 Å². The van der Waals surface area contributed by atoms with E-state index in [2.05, 4.69) is 40.9 Å². The monoisotopic (exact) mass is 289 g/mol. The van der Waals surface area contributed by atoms with Crippen LogP contribution in [0.4, 0.5) is 0 Å². The quantitative estimate of drug-likeness (QED) is 0.846. The van der Waals surface area contributed by atoms with Crippen molar-refractivity contribution in [3.63, 3.8) is 0 Å². The average Bonchev–Trinajstić information content (AvgIpc) is 3.20. The minimum atomic E-state index is 0.160. The van der Waals surface area contributed by atoms with Crippen LogP contribution in [-0.4, -0.2) is 37.4 Å². The van der Waals surface area contributed by atoms with Crippen molar-refractivity contribution >= 4 is 0 Å². The SMILES string of the molecule is CC(C)c1noc([C@@H](C)N2CCC[C@H]2Cn2cccn2)n1. The largest absolute Gasteiger partial charge is 0.338 e. The molecule has 3 rings (SSSR count). The zero-order valence-electron chi connectivity index (χ0n) is 12.9. The number of aromatic nitrogens is 4. The van der Waals surface area contributed by atoms with Gasteiger partial charge >= 0.3 is 0 Å². The number of hydrogen-bond acceptors (Lipinski definition) is 5. The van der Waals surface area contributed by atoms with E-state index in [1.54, 1.807) is 0 Å². The van der Waals surface area contributed by atoms with E-state index in [1.165, 1.54) is 12.8 Å². The summed E-state index contributed by atoms with van der Waals surface area (Å²) in [7, 11) is 0. The van der Waals surface area contributed by atoms with E-state index in [-0.39, 0.29) is 6.04 Å². The van der Waals surface area contributed by atoms with Crippen LogP contribution in [0.5, 0.6) is 0 Å². The predicted octanol–water partition coefficient (Wildman–Crippen LogP) is 2.62. The van der Waals surface area contributed by atoms with Crippen LogP contribution in [0.1, 0.15) is 57.3 Å². The molecule has 0 amide bonds. The highest BCUT2D eigenvalue weighted by Crippen LogP contribution is 2.29. The highest BCUT2D eigenvalue weighted by Gasteiger charge is 2.32. The van der Waals surface area contributed by atoms with E-state index in [1.807, 2.05) is 23.1 Å². The van der Waals surface area contributed by atoms with Crippen molar-refractivity contribution < 1.29 is 4.52 Å². The first-order valence-corrected chi connectivity index (χ1v) is 7.72. The highest BCUT2D eigenvalue weighted by molar-refractivity contribution is 4.98. The van der Waals surface area contributed by atoms with Crippen molar-refractivity contribution in [1.29, 1.82) is 0 Å². The van der Waals surface area contributed by atoms with E-state index in [9.17, 15) is 0 Å². The Bertz CT molecular complexity index is 562. The second-order valence-electron chi connectivity index (χ2n) is 6.08.